The predicted octanol–water partition coefficient (Wildman–Crippen LogP) is 7.30. The van der Waals surface area contributed by atoms with Crippen molar-refractivity contribution < 1.29 is 32.2 Å². The molecule has 1 unspecified atom stereocenters. The highest BCUT2D eigenvalue weighted by atomic mass is 19.3. The van der Waals surface area contributed by atoms with Crippen molar-refractivity contribution in [2.75, 3.05) is 6.61 Å². The summed E-state index contributed by atoms with van der Waals surface area (Å²) in [6.45, 7) is 7.33. The average Bonchev–Trinajstić information content (AvgIpc) is 3.25. The summed E-state index contributed by atoms with van der Waals surface area (Å²) in [6.07, 6.45) is 1.06. The second kappa shape index (κ2) is 10.6. The Kier molecular flexibility index (Phi) is 7.52. The summed E-state index contributed by atoms with van der Waals surface area (Å²) in [4.78, 5) is 20.9. The van der Waals surface area contributed by atoms with Crippen LogP contribution in [0, 0.1) is 0 Å². The molecule has 2 aromatic carbocycles. The van der Waals surface area contributed by atoms with Gasteiger partial charge in [0.2, 0.25) is 11.8 Å². The molecular formula is C28H29F2N3O5. The summed E-state index contributed by atoms with van der Waals surface area (Å²) >= 11 is 0. The lowest BCUT2D eigenvalue weighted by Gasteiger charge is -2.22. The van der Waals surface area contributed by atoms with Crippen LogP contribution in [0.3, 0.4) is 0 Å². The smallest absolute Gasteiger partial charge is 0.408 e. The first-order valence-corrected chi connectivity index (χ1v) is 12.0. The van der Waals surface area contributed by atoms with Gasteiger partial charge in [0.1, 0.15) is 22.6 Å². The fourth-order valence-electron chi connectivity index (χ4n) is 3.43. The zero-order valence-electron chi connectivity index (χ0n) is 21.7. The summed E-state index contributed by atoms with van der Waals surface area (Å²) in [7, 11) is 0. The largest absolute Gasteiger partial charge is 0.487 e. The number of nitrogens with one attached hydrogen (secondary N) is 1. The summed E-state index contributed by atoms with van der Waals surface area (Å²) in [5.74, 6) is -1.60. The van der Waals surface area contributed by atoms with Gasteiger partial charge in [-0.1, -0.05) is 12.1 Å². The molecule has 0 aliphatic rings. The van der Waals surface area contributed by atoms with Crippen LogP contribution in [0.1, 0.15) is 46.2 Å². The number of alkyl carbamates (subject to hydrolysis) is 1. The van der Waals surface area contributed by atoms with Crippen molar-refractivity contribution in [3.05, 3.63) is 66.4 Å². The molecule has 10 heteroatoms. The minimum Gasteiger partial charge on any atom is -0.487 e. The number of carbonyl (C=O) groups is 1. The zero-order valence-corrected chi connectivity index (χ0v) is 21.7. The van der Waals surface area contributed by atoms with Gasteiger partial charge in [0, 0.05) is 25.3 Å². The number of aromatic nitrogens is 2. The van der Waals surface area contributed by atoms with E-state index in [2.05, 4.69) is 15.3 Å². The number of halogens is 2. The van der Waals surface area contributed by atoms with Gasteiger partial charge in [0.15, 0.2) is 12.2 Å². The van der Waals surface area contributed by atoms with E-state index in [0.29, 0.717) is 34.2 Å². The van der Waals surface area contributed by atoms with Crippen LogP contribution in [0.4, 0.5) is 13.6 Å². The van der Waals surface area contributed by atoms with Crippen LogP contribution >= 0.6 is 0 Å². The SMILES string of the molecule is CC(NC(=O)OC(C)(C)C)c1ccc2nc(-c3ccc(Oc4cccc(OCC(C)(F)F)c4)nc3)oc2c1. The van der Waals surface area contributed by atoms with E-state index in [1.807, 2.05) is 25.1 Å². The van der Waals surface area contributed by atoms with E-state index in [9.17, 15) is 13.6 Å². The van der Waals surface area contributed by atoms with E-state index >= 15 is 0 Å². The Labute approximate surface area is 218 Å². The van der Waals surface area contributed by atoms with E-state index in [1.54, 1.807) is 57.3 Å². The lowest BCUT2D eigenvalue weighted by molar-refractivity contribution is -0.0230. The third-order valence-electron chi connectivity index (χ3n) is 5.15. The molecule has 38 heavy (non-hydrogen) atoms. The van der Waals surface area contributed by atoms with Gasteiger partial charge in [-0.15, -0.1) is 0 Å². The minimum atomic E-state index is -2.93. The van der Waals surface area contributed by atoms with E-state index in [0.717, 1.165) is 12.5 Å². The topological polar surface area (TPSA) is 95.7 Å². The van der Waals surface area contributed by atoms with Gasteiger partial charge in [0.05, 0.1) is 11.6 Å². The van der Waals surface area contributed by atoms with Crippen molar-refractivity contribution >= 4 is 17.2 Å². The van der Waals surface area contributed by atoms with Crippen LogP contribution in [-0.4, -0.2) is 34.2 Å². The van der Waals surface area contributed by atoms with Crippen molar-refractivity contribution in [1.82, 2.24) is 15.3 Å². The van der Waals surface area contributed by atoms with Crippen molar-refractivity contribution in [3.63, 3.8) is 0 Å². The number of alkyl halides is 2. The number of amides is 1. The molecule has 0 radical (unpaired) electrons. The van der Waals surface area contributed by atoms with Gasteiger partial charge in [0.25, 0.3) is 5.92 Å². The monoisotopic (exact) mass is 525 g/mol. The van der Waals surface area contributed by atoms with Gasteiger partial charge >= 0.3 is 6.09 Å². The Hall–Kier alpha value is -4.21. The number of hydrogen-bond donors (Lipinski definition) is 1. The molecule has 2 heterocycles. The zero-order chi connectivity index (χ0) is 27.5. The first kappa shape index (κ1) is 26.8. The summed E-state index contributed by atoms with van der Waals surface area (Å²) in [5.41, 5.74) is 2.10. The van der Waals surface area contributed by atoms with E-state index in [1.165, 1.54) is 6.07 Å². The molecule has 4 rings (SSSR count). The molecule has 1 amide bonds. The van der Waals surface area contributed by atoms with Gasteiger partial charge in [-0.25, -0.2) is 23.5 Å². The number of oxazole rings is 1. The maximum atomic E-state index is 13.1. The molecule has 8 nitrogen and oxygen atoms in total. The Morgan fingerprint density at radius 3 is 2.50 bits per heavy atom. The van der Waals surface area contributed by atoms with Gasteiger partial charge in [-0.2, -0.15) is 0 Å². The number of carbonyl (C=O) groups excluding carboxylic acids is 1. The molecule has 200 valence electrons. The molecule has 4 aromatic rings. The second-order valence-corrected chi connectivity index (χ2v) is 9.94. The van der Waals surface area contributed by atoms with Crippen LogP contribution in [0.15, 0.2) is 65.2 Å². The number of benzene rings is 2. The second-order valence-electron chi connectivity index (χ2n) is 9.94. The Morgan fingerprint density at radius 2 is 1.82 bits per heavy atom. The maximum Gasteiger partial charge on any atom is 0.408 e. The van der Waals surface area contributed by atoms with Gasteiger partial charge < -0.3 is 23.9 Å². The van der Waals surface area contributed by atoms with Crippen molar-refractivity contribution in [3.8, 4) is 28.8 Å². The number of rotatable bonds is 8. The lowest BCUT2D eigenvalue weighted by atomic mass is 10.1. The molecule has 0 bridgehead atoms. The van der Waals surface area contributed by atoms with E-state index < -0.39 is 24.2 Å². The summed E-state index contributed by atoms with van der Waals surface area (Å²) in [5, 5.41) is 2.81. The third kappa shape index (κ3) is 7.41. The number of fused-ring (bicyclic) bond motifs is 1. The van der Waals surface area contributed by atoms with Crippen LogP contribution in [0.25, 0.3) is 22.6 Å². The minimum absolute atomic E-state index is 0.266. The molecule has 0 aliphatic heterocycles. The molecule has 0 aliphatic carbocycles. The quantitative estimate of drug-likeness (QED) is 0.258. The number of pyridine rings is 1. The van der Waals surface area contributed by atoms with E-state index in [4.69, 9.17) is 18.6 Å². The normalized spacial score (nSPS) is 12.7. The fraction of sp³-hybridized carbons (Fsp3) is 0.321. The van der Waals surface area contributed by atoms with Gasteiger partial charge in [-0.05, 0) is 63.6 Å². The summed E-state index contributed by atoms with van der Waals surface area (Å²) in [6, 6.07) is 15.0. The molecule has 0 saturated carbocycles. The average molecular weight is 526 g/mol. The fourth-order valence-corrected chi connectivity index (χ4v) is 3.43. The number of ether oxygens (including phenoxy) is 3. The molecule has 2 aromatic heterocycles. The Balaban J connectivity index is 1.43. The van der Waals surface area contributed by atoms with E-state index in [-0.39, 0.29) is 11.8 Å². The van der Waals surface area contributed by atoms with Crippen LogP contribution in [0.5, 0.6) is 17.4 Å². The highest BCUT2D eigenvalue weighted by Crippen LogP contribution is 2.29. The van der Waals surface area contributed by atoms with Crippen molar-refractivity contribution in [1.29, 1.82) is 0 Å². The summed E-state index contributed by atoms with van der Waals surface area (Å²) < 4.78 is 48.2. The first-order valence-electron chi connectivity index (χ1n) is 12.0. The third-order valence-corrected chi connectivity index (χ3v) is 5.15. The van der Waals surface area contributed by atoms with Crippen LogP contribution in [-0.2, 0) is 4.74 Å². The molecule has 1 N–H and O–H groups in total. The molecule has 0 spiro atoms. The number of hydrogen-bond acceptors (Lipinski definition) is 7. The lowest BCUT2D eigenvalue weighted by Crippen LogP contribution is -2.34. The molecule has 0 fully saturated rings. The van der Waals surface area contributed by atoms with Crippen LogP contribution < -0.4 is 14.8 Å². The molecule has 0 saturated heterocycles. The Bertz CT molecular complexity index is 1410. The standard InChI is InChI=1S/C28H29F2N3O5/c1-17(32-26(34)38-27(2,3)4)18-9-11-22-23(13-18)37-25(33-22)19-10-12-24(31-15-19)36-21-8-6-7-20(14-21)35-16-28(5,29)30/h6-15,17H,16H2,1-5H3,(H,32,34). The van der Waals surface area contributed by atoms with Crippen molar-refractivity contribution in [2.24, 2.45) is 0 Å². The first-order chi connectivity index (χ1) is 17.8. The number of nitrogens with zero attached hydrogens (tertiary/aromatic N) is 2. The van der Waals surface area contributed by atoms with Crippen molar-refractivity contribution in [2.45, 2.75) is 52.2 Å². The highest BCUT2D eigenvalue weighted by molar-refractivity contribution is 5.77. The Morgan fingerprint density at radius 1 is 1.05 bits per heavy atom. The van der Waals surface area contributed by atoms with Gasteiger partial charge in [-0.3, -0.25) is 0 Å². The van der Waals surface area contributed by atoms with Crippen LogP contribution in [0.2, 0.25) is 0 Å². The maximum absolute atomic E-state index is 13.1. The molecule has 1 atom stereocenters. The molecular weight excluding hydrogens is 496 g/mol. The predicted molar refractivity (Wildman–Crippen MR) is 138 cm³/mol. The highest BCUT2D eigenvalue weighted by Gasteiger charge is 2.22.